The Balaban J connectivity index is 1.74. The maximum Gasteiger partial charge on any atom is 0.222 e. The maximum absolute atomic E-state index is 11.3. The summed E-state index contributed by atoms with van der Waals surface area (Å²) in [6, 6.07) is 0.902. The summed E-state index contributed by atoms with van der Waals surface area (Å²) in [5.74, 6) is 0.231. The highest BCUT2D eigenvalue weighted by Gasteiger charge is 2.25. The van der Waals surface area contributed by atoms with Crippen molar-refractivity contribution >= 4 is 23.2 Å². The number of hydrogen-bond donors (Lipinski definition) is 2. The van der Waals surface area contributed by atoms with Crippen molar-refractivity contribution in [2.45, 2.75) is 37.8 Å². The van der Waals surface area contributed by atoms with E-state index in [1.54, 1.807) is 4.90 Å². The molecule has 1 aliphatic carbocycles. The molecule has 0 aromatic heterocycles. The number of nitrogens with one attached hydrogen (secondary N) is 2. The van der Waals surface area contributed by atoms with Crippen LogP contribution in [0.5, 0.6) is 0 Å². The van der Waals surface area contributed by atoms with Gasteiger partial charge in [-0.3, -0.25) is 4.79 Å². The summed E-state index contributed by atoms with van der Waals surface area (Å²) in [4.78, 5) is 13.0. The highest BCUT2D eigenvalue weighted by molar-refractivity contribution is 7.80. The van der Waals surface area contributed by atoms with E-state index in [-0.39, 0.29) is 5.91 Å². The lowest BCUT2D eigenvalue weighted by Crippen LogP contribution is -2.51. The smallest absolute Gasteiger partial charge is 0.222 e. The predicted molar refractivity (Wildman–Crippen MR) is 62.6 cm³/mol. The molecule has 1 heterocycles. The number of carbonyl (C=O) groups is 1. The number of likely N-dealkylation sites (N-methyl/N-ethyl adjacent to an activating group) is 1. The van der Waals surface area contributed by atoms with Gasteiger partial charge in [0.25, 0.3) is 0 Å². The Kier molecular flexibility index (Phi) is 3.09. The lowest BCUT2D eigenvalue weighted by atomic mass is 10.1. The molecule has 1 saturated carbocycles. The molecule has 0 spiro atoms. The SMILES string of the molecule is CN1CC(NC(=S)NC2CC2)CCC1=O. The van der Waals surface area contributed by atoms with E-state index >= 15 is 0 Å². The van der Waals surface area contributed by atoms with Gasteiger partial charge in [-0.15, -0.1) is 0 Å². The van der Waals surface area contributed by atoms with Gasteiger partial charge in [0.15, 0.2) is 5.11 Å². The van der Waals surface area contributed by atoms with E-state index in [1.165, 1.54) is 12.8 Å². The molecule has 1 amide bonds. The Morgan fingerprint density at radius 2 is 2.00 bits per heavy atom. The van der Waals surface area contributed by atoms with Gasteiger partial charge in [-0.2, -0.15) is 0 Å². The van der Waals surface area contributed by atoms with Gasteiger partial charge < -0.3 is 15.5 Å². The molecule has 2 rings (SSSR count). The standard InChI is InChI=1S/C10H17N3OS/c1-13-6-8(4-5-9(13)14)12-10(15)11-7-2-3-7/h7-8H,2-6H2,1H3,(H2,11,12,15). The number of hydrogen-bond acceptors (Lipinski definition) is 2. The minimum atomic E-state index is 0.231. The Hall–Kier alpha value is -0.840. The molecule has 1 aliphatic heterocycles. The zero-order valence-electron chi connectivity index (χ0n) is 8.95. The monoisotopic (exact) mass is 227 g/mol. The zero-order chi connectivity index (χ0) is 10.8. The summed E-state index contributed by atoms with van der Waals surface area (Å²) in [7, 11) is 1.84. The van der Waals surface area contributed by atoms with E-state index in [2.05, 4.69) is 10.6 Å². The van der Waals surface area contributed by atoms with Crippen LogP contribution in [0, 0.1) is 0 Å². The average molecular weight is 227 g/mol. The van der Waals surface area contributed by atoms with Gasteiger partial charge in [-0.1, -0.05) is 0 Å². The fraction of sp³-hybridized carbons (Fsp3) is 0.800. The van der Waals surface area contributed by atoms with Gasteiger partial charge in [-0.05, 0) is 31.5 Å². The van der Waals surface area contributed by atoms with Crippen molar-refractivity contribution in [2.75, 3.05) is 13.6 Å². The van der Waals surface area contributed by atoms with E-state index in [0.29, 0.717) is 18.5 Å². The maximum atomic E-state index is 11.3. The fourth-order valence-corrected chi connectivity index (χ4v) is 2.10. The number of amides is 1. The van der Waals surface area contributed by atoms with Gasteiger partial charge in [0.1, 0.15) is 0 Å². The lowest BCUT2D eigenvalue weighted by Gasteiger charge is -2.30. The second-order valence-corrected chi connectivity index (χ2v) is 4.81. The summed E-state index contributed by atoms with van der Waals surface area (Å²) in [5, 5.41) is 7.25. The van der Waals surface area contributed by atoms with Gasteiger partial charge in [0, 0.05) is 32.1 Å². The molecule has 1 saturated heterocycles. The average Bonchev–Trinajstić information content (AvgIpc) is 2.95. The van der Waals surface area contributed by atoms with Crippen molar-refractivity contribution < 1.29 is 4.79 Å². The molecular formula is C10H17N3OS. The number of likely N-dealkylation sites (tertiary alicyclic amines) is 1. The molecule has 2 fully saturated rings. The highest BCUT2D eigenvalue weighted by Crippen LogP contribution is 2.18. The third-order valence-corrected chi connectivity index (χ3v) is 3.11. The van der Waals surface area contributed by atoms with Crippen LogP contribution in [-0.4, -0.2) is 41.6 Å². The minimum Gasteiger partial charge on any atom is -0.360 e. The van der Waals surface area contributed by atoms with Crippen LogP contribution in [0.3, 0.4) is 0 Å². The van der Waals surface area contributed by atoms with Gasteiger partial charge in [0.05, 0.1) is 0 Å². The van der Waals surface area contributed by atoms with Crippen LogP contribution >= 0.6 is 12.2 Å². The van der Waals surface area contributed by atoms with Crippen molar-refractivity contribution in [2.24, 2.45) is 0 Å². The molecule has 2 N–H and O–H groups in total. The summed E-state index contributed by atoms with van der Waals surface area (Å²) in [6.07, 6.45) is 3.96. The summed E-state index contributed by atoms with van der Waals surface area (Å²) in [6.45, 7) is 0.755. The largest absolute Gasteiger partial charge is 0.360 e. The van der Waals surface area contributed by atoms with Crippen LogP contribution in [0.15, 0.2) is 0 Å². The molecule has 2 aliphatic rings. The molecule has 1 atom stereocenters. The molecule has 5 heteroatoms. The van der Waals surface area contributed by atoms with Crippen molar-refractivity contribution in [1.29, 1.82) is 0 Å². The summed E-state index contributed by atoms with van der Waals surface area (Å²) in [5.41, 5.74) is 0. The normalized spacial score (nSPS) is 26.3. The van der Waals surface area contributed by atoms with Crippen LogP contribution in [0.4, 0.5) is 0 Å². The van der Waals surface area contributed by atoms with E-state index in [9.17, 15) is 4.79 Å². The lowest BCUT2D eigenvalue weighted by molar-refractivity contribution is -0.132. The van der Waals surface area contributed by atoms with Crippen LogP contribution in [0.25, 0.3) is 0 Å². The Morgan fingerprint density at radius 1 is 1.33 bits per heavy atom. The van der Waals surface area contributed by atoms with Crippen molar-refractivity contribution in [1.82, 2.24) is 15.5 Å². The second kappa shape index (κ2) is 4.35. The number of piperidine rings is 1. The fourth-order valence-electron chi connectivity index (χ4n) is 1.77. The number of thiocarbonyl (C=S) groups is 1. The molecule has 4 nitrogen and oxygen atoms in total. The van der Waals surface area contributed by atoms with Crippen LogP contribution in [0.1, 0.15) is 25.7 Å². The Labute approximate surface area is 95.4 Å². The van der Waals surface area contributed by atoms with E-state index in [4.69, 9.17) is 12.2 Å². The van der Waals surface area contributed by atoms with Crippen molar-refractivity contribution in [3.05, 3.63) is 0 Å². The molecule has 15 heavy (non-hydrogen) atoms. The Bertz CT molecular complexity index is 278. The third kappa shape index (κ3) is 3.06. The number of nitrogens with zero attached hydrogens (tertiary/aromatic N) is 1. The first-order valence-electron chi connectivity index (χ1n) is 5.46. The molecule has 0 aromatic rings. The van der Waals surface area contributed by atoms with Crippen LogP contribution in [-0.2, 0) is 4.79 Å². The third-order valence-electron chi connectivity index (χ3n) is 2.87. The highest BCUT2D eigenvalue weighted by atomic mass is 32.1. The Morgan fingerprint density at radius 3 is 2.60 bits per heavy atom. The summed E-state index contributed by atoms with van der Waals surface area (Å²) >= 11 is 5.19. The quantitative estimate of drug-likeness (QED) is 0.663. The predicted octanol–water partition coefficient (Wildman–Crippen LogP) is 0.234. The molecule has 0 radical (unpaired) electrons. The minimum absolute atomic E-state index is 0.231. The van der Waals surface area contributed by atoms with Crippen molar-refractivity contribution in [3.8, 4) is 0 Å². The first kappa shape index (κ1) is 10.7. The van der Waals surface area contributed by atoms with E-state index in [0.717, 1.165) is 18.1 Å². The summed E-state index contributed by atoms with van der Waals surface area (Å²) < 4.78 is 0. The first-order valence-corrected chi connectivity index (χ1v) is 5.87. The number of carbonyl (C=O) groups excluding carboxylic acids is 1. The van der Waals surface area contributed by atoms with Crippen molar-refractivity contribution in [3.63, 3.8) is 0 Å². The van der Waals surface area contributed by atoms with Crippen LogP contribution in [0.2, 0.25) is 0 Å². The molecular weight excluding hydrogens is 210 g/mol. The van der Waals surface area contributed by atoms with E-state index < -0.39 is 0 Å². The van der Waals surface area contributed by atoms with E-state index in [1.807, 2.05) is 7.05 Å². The topological polar surface area (TPSA) is 44.4 Å². The van der Waals surface area contributed by atoms with Gasteiger partial charge in [0.2, 0.25) is 5.91 Å². The van der Waals surface area contributed by atoms with Gasteiger partial charge in [-0.25, -0.2) is 0 Å². The molecule has 0 bridgehead atoms. The second-order valence-electron chi connectivity index (χ2n) is 4.40. The van der Waals surface area contributed by atoms with Gasteiger partial charge >= 0.3 is 0 Å². The molecule has 0 aromatic carbocycles. The molecule has 84 valence electrons. The first-order chi connectivity index (χ1) is 7.15. The number of rotatable bonds is 2. The van der Waals surface area contributed by atoms with Crippen LogP contribution < -0.4 is 10.6 Å². The zero-order valence-corrected chi connectivity index (χ0v) is 9.77. The molecule has 1 unspecified atom stereocenters.